The quantitative estimate of drug-likeness (QED) is 0.327. The number of fused-ring (bicyclic) bond motifs is 1. The Kier molecular flexibility index (Phi) is 8.52. The van der Waals surface area contributed by atoms with E-state index in [1.165, 1.54) is 11.3 Å². The third-order valence-corrected chi connectivity index (χ3v) is 7.81. The molecule has 0 saturated heterocycles. The minimum Gasteiger partial charge on any atom is -0.481 e. The Labute approximate surface area is 227 Å². The van der Waals surface area contributed by atoms with Gasteiger partial charge in [0.2, 0.25) is 0 Å². The fourth-order valence-electron chi connectivity index (χ4n) is 4.79. The Hall–Kier alpha value is -3.65. The maximum atomic E-state index is 13.0. The summed E-state index contributed by atoms with van der Waals surface area (Å²) in [5, 5.41) is 6.41. The van der Waals surface area contributed by atoms with Crippen LogP contribution in [0.15, 0.2) is 36.4 Å². The molecule has 1 atom stereocenters. The SMILES string of the molecule is CCOC(=O)c1c(NC(=O)c2ccc(O[C@H](C)C(=O)Nc3c(C)cc(C)cc3C)cc2)sc2c1CCCC2. The molecule has 0 radical (unpaired) electrons. The molecule has 8 heteroatoms. The second-order valence-corrected chi connectivity index (χ2v) is 10.7. The highest BCUT2D eigenvalue weighted by atomic mass is 32.1. The summed E-state index contributed by atoms with van der Waals surface area (Å²) in [6, 6.07) is 10.7. The number of nitrogens with one attached hydrogen (secondary N) is 2. The Morgan fingerprint density at radius 3 is 2.29 bits per heavy atom. The molecule has 38 heavy (non-hydrogen) atoms. The number of carbonyl (C=O) groups excluding carboxylic acids is 3. The van der Waals surface area contributed by atoms with Crippen LogP contribution in [-0.4, -0.2) is 30.5 Å². The largest absolute Gasteiger partial charge is 0.481 e. The Bertz CT molecular complexity index is 1340. The van der Waals surface area contributed by atoms with Crippen LogP contribution in [0.1, 0.15) is 74.5 Å². The molecule has 3 aromatic rings. The van der Waals surface area contributed by atoms with Gasteiger partial charge in [-0.25, -0.2) is 4.79 Å². The lowest BCUT2D eigenvalue weighted by atomic mass is 9.95. The lowest BCUT2D eigenvalue weighted by molar-refractivity contribution is -0.122. The molecule has 0 bridgehead atoms. The molecule has 2 amide bonds. The summed E-state index contributed by atoms with van der Waals surface area (Å²) in [7, 11) is 0. The molecule has 0 fully saturated rings. The van der Waals surface area contributed by atoms with Crippen molar-refractivity contribution in [2.75, 3.05) is 17.2 Å². The number of hydrogen-bond acceptors (Lipinski definition) is 6. The maximum Gasteiger partial charge on any atom is 0.341 e. The van der Waals surface area contributed by atoms with E-state index in [-0.39, 0.29) is 18.4 Å². The van der Waals surface area contributed by atoms with Gasteiger partial charge in [0.05, 0.1) is 12.2 Å². The highest BCUT2D eigenvalue weighted by Crippen LogP contribution is 2.39. The first-order valence-corrected chi connectivity index (χ1v) is 13.8. The van der Waals surface area contributed by atoms with Crippen molar-refractivity contribution in [1.29, 1.82) is 0 Å². The molecular weight excluding hydrogens is 500 g/mol. The number of rotatable bonds is 8. The van der Waals surface area contributed by atoms with Gasteiger partial charge in [0.25, 0.3) is 11.8 Å². The zero-order valence-corrected chi connectivity index (χ0v) is 23.3. The van der Waals surface area contributed by atoms with Crippen molar-refractivity contribution in [3.05, 3.63) is 74.7 Å². The lowest BCUT2D eigenvalue weighted by Gasteiger charge is -2.18. The summed E-state index contributed by atoms with van der Waals surface area (Å²) in [6.07, 6.45) is 3.08. The minimum atomic E-state index is -0.737. The molecule has 1 aromatic heterocycles. The fourth-order valence-corrected chi connectivity index (χ4v) is 6.07. The molecule has 0 aliphatic heterocycles. The smallest absolute Gasteiger partial charge is 0.341 e. The van der Waals surface area contributed by atoms with Gasteiger partial charge in [0.1, 0.15) is 10.8 Å². The van der Waals surface area contributed by atoms with Gasteiger partial charge in [-0.1, -0.05) is 17.7 Å². The van der Waals surface area contributed by atoms with Crippen molar-refractivity contribution in [2.45, 2.75) is 66.4 Å². The number of amides is 2. The first kappa shape index (κ1) is 27.4. The van der Waals surface area contributed by atoms with Crippen molar-refractivity contribution < 1.29 is 23.9 Å². The Morgan fingerprint density at radius 1 is 0.974 bits per heavy atom. The van der Waals surface area contributed by atoms with Gasteiger partial charge < -0.3 is 20.1 Å². The second kappa shape index (κ2) is 11.8. The monoisotopic (exact) mass is 534 g/mol. The van der Waals surface area contributed by atoms with E-state index in [9.17, 15) is 14.4 Å². The molecular formula is C30H34N2O5S. The number of carbonyl (C=O) groups is 3. The van der Waals surface area contributed by atoms with E-state index < -0.39 is 12.1 Å². The van der Waals surface area contributed by atoms with E-state index in [0.29, 0.717) is 21.9 Å². The third kappa shape index (κ3) is 6.07. The fraction of sp³-hybridized carbons (Fsp3) is 0.367. The van der Waals surface area contributed by atoms with Gasteiger partial charge in [-0.2, -0.15) is 0 Å². The van der Waals surface area contributed by atoms with Crippen LogP contribution in [0.4, 0.5) is 10.7 Å². The van der Waals surface area contributed by atoms with Crippen LogP contribution < -0.4 is 15.4 Å². The van der Waals surface area contributed by atoms with Crippen LogP contribution in [-0.2, 0) is 22.4 Å². The Balaban J connectivity index is 1.42. The van der Waals surface area contributed by atoms with E-state index in [4.69, 9.17) is 9.47 Å². The lowest BCUT2D eigenvalue weighted by Crippen LogP contribution is -2.30. The van der Waals surface area contributed by atoms with Gasteiger partial charge in [-0.05, 0) is 101 Å². The van der Waals surface area contributed by atoms with Crippen molar-refractivity contribution in [2.24, 2.45) is 0 Å². The van der Waals surface area contributed by atoms with Crippen LogP contribution in [0.5, 0.6) is 5.75 Å². The van der Waals surface area contributed by atoms with Gasteiger partial charge in [0.15, 0.2) is 6.10 Å². The van der Waals surface area contributed by atoms with Gasteiger partial charge in [-0.3, -0.25) is 9.59 Å². The number of thiophene rings is 1. The van der Waals surface area contributed by atoms with Crippen molar-refractivity contribution >= 4 is 39.8 Å². The van der Waals surface area contributed by atoms with E-state index in [1.54, 1.807) is 38.1 Å². The molecule has 0 spiro atoms. The van der Waals surface area contributed by atoms with Crippen molar-refractivity contribution in [3.8, 4) is 5.75 Å². The summed E-state index contributed by atoms with van der Waals surface area (Å²) >= 11 is 1.46. The van der Waals surface area contributed by atoms with E-state index in [0.717, 1.165) is 58.5 Å². The molecule has 1 aliphatic rings. The average molecular weight is 535 g/mol. The number of ether oxygens (including phenoxy) is 2. The number of esters is 1. The molecule has 0 saturated carbocycles. The van der Waals surface area contributed by atoms with Crippen LogP contribution in [0.25, 0.3) is 0 Å². The maximum absolute atomic E-state index is 13.0. The van der Waals surface area contributed by atoms with E-state index >= 15 is 0 Å². The third-order valence-electron chi connectivity index (χ3n) is 6.60. The highest BCUT2D eigenvalue weighted by molar-refractivity contribution is 7.17. The molecule has 2 N–H and O–H groups in total. The van der Waals surface area contributed by atoms with Gasteiger partial charge in [-0.15, -0.1) is 11.3 Å². The van der Waals surface area contributed by atoms with Gasteiger partial charge in [0, 0.05) is 16.1 Å². The standard InChI is InChI=1S/C30H34N2O5S/c1-6-36-30(35)25-23-9-7-8-10-24(23)38-29(25)32-28(34)21-11-13-22(14-12-21)37-20(5)27(33)31-26-18(3)15-17(2)16-19(26)4/h11-16,20H,6-10H2,1-5H3,(H,31,33)(H,32,34)/t20-/m1/s1. The topological polar surface area (TPSA) is 93.7 Å². The predicted molar refractivity (Wildman–Crippen MR) is 151 cm³/mol. The Morgan fingerprint density at radius 2 is 1.63 bits per heavy atom. The summed E-state index contributed by atoms with van der Waals surface area (Å²) in [5.74, 6) is -0.499. The normalized spacial score (nSPS) is 13.3. The summed E-state index contributed by atoms with van der Waals surface area (Å²) in [5.41, 5.74) is 5.83. The molecule has 2 aromatic carbocycles. The zero-order chi connectivity index (χ0) is 27.4. The predicted octanol–water partition coefficient (Wildman–Crippen LogP) is 6.39. The number of hydrogen-bond donors (Lipinski definition) is 2. The summed E-state index contributed by atoms with van der Waals surface area (Å²) in [6.45, 7) is 9.68. The van der Waals surface area contributed by atoms with E-state index in [1.807, 2.05) is 32.9 Å². The first-order valence-electron chi connectivity index (χ1n) is 13.0. The van der Waals surface area contributed by atoms with E-state index in [2.05, 4.69) is 10.6 Å². The summed E-state index contributed by atoms with van der Waals surface area (Å²) in [4.78, 5) is 39.6. The van der Waals surface area contributed by atoms with Crippen LogP contribution in [0.3, 0.4) is 0 Å². The van der Waals surface area contributed by atoms with Gasteiger partial charge >= 0.3 is 5.97 Å². The molecule has 0 unspecified atom stereocenters. The van der Waals surface area contributed by atoms with Crippen molar-refractivity contribution in [1.82, 2.24) is 0 Å². The molecule has 7 nitrogen and oxygen atoms in total. The van der Waals surface area contributed by atoms with Crippen molar-refractivity contribution in [3.63, 3.8) is 0 Å². The average Bonchev–Trinajstić information content (AvgIpc) is 3.24. The molecule has 4 rings (SSSR count). The molecule has 1 aliphatic carbocycles. The number of anilines is 2. The minimum absolute atomic E-state index is 0.255. The zero-order valence-electron chi connectivity index (χ0n) is 22.5. The van der Waals surface area contributed by atoms with Crippen LogP contribution in [0.2, 0.25) is 0 Å². The van der Waals surface area contributed by atoms with Crippen LogP contribution >= 0.6 is 11.3 Å². The molecule has 1 heterocycles. The van der Waals surface area contributed by atoms with Crippen LogP contribution in [0, 0.1) is 20.8 Å². The molecule has 200 valence electrons. The second-order valence-electron chi connectivity index (χ2n) is 9.64. The first-order chi connectivity index (χ1) is 18.2. The number of aryl methyl sites for hydroxylation is 4. The summed E-state index contributed by atoms with van der Waals surface area (Å²) < 4.78 is 11.1. The highest BCUT2D eigenvalue weighted by Gasteiger charge is 2.27. The number of benzene rings is 2.